The molecule has 138 valence electrons. The smallest absolute Gasteiger partial charge is 0.340 e. The highest BCUT2D eigenvalue weighted by Crippen LogP contribution is 2.38. The molecule has 0 radical (unpaired) electrons. The first-order chi connectivity index (χ1) is 13.1. The van der Waals surface area contributed by atoms with Crippen molar-refractivity contribution in [2.75, 3.05) is 0 Å². The predicted molar refractivity (Wildman–Crippen MR) is 97.8 cm³/mol. The lowest BCUT2D eigenvalue weighted by Crippen LogP contribution is -2.46. The topological polar surface area (TPSA) is 75.7 Å². The van der Waals surface area contributed by atoms with Gasteiger partial charge >= 0.3 is 5.97 Å². The summed E-state index contributed by atoms with van der Waals surface area (Å²) in [6, 6.07) is 13.5. The Bertz CT molecular complexity index is 930. The fraction of sp³-hybridized carbons (Fsp3) is 0.250. The number of hydrogen-bond acceptors (Lipinski definition) is 4. The maximum absolute atomic E-state index is 12.7. The zero-order valence-corrected chi connectivity index (χ0v) is 15.1. The molecule has 1 N–H and O–H groups in total. The summed E-state index contributed by atoms with van der Waals surface area (Å²) in [5.41, 5.74) is 1.83. The van der Waals surface area contributed by atoms with E-state index in [2.05, 4.69) is 5.32 Å². The van der Waals surface area contributed by atoms with Crippen molar-refractivity contribution < 1.29 is 19.1 Å². The average Bonchev–Trinajstić information content (AvgIpc) is 3.21. The fourth-order valence-electron chi connectivity index (χ4n) is 3.53. The van der Waals surface area contributed by atoms with E-state index >= 15 is 0 Å². The third-order valence-electron chi connectivity index (χ3n) is 4.89. The molecule has 1 unspecified atom stereocenters. The Kier molecular flexibility index (Phi) is 4.58. The van der Waals surface area contributed by atoms with Crippen LogP contribution in [0.25, 0.3) is 0 Å². The zero-order chi connectivity index (χ0) is 19.0. The van der Waals surface area contributed by atoms with Crippen molar-refractivity contribution in [3.8, 4) is 0 Å². The molecule has 2 amide bonds. The first kappa shape index (κ1) is 17.5. The third-order valence-corrected chi connectivity index (χ3v) is 5.26. The maximum Gasteiger partial charge on any atom is 0.340 e. The van der Waals surface area contributed by atoms with Gasteiger partial charge in [0.2, 0.25) is 18.0 Å². The SMILES string of the molecule is O=C1OC(N2C(=O)CC[C@H]2C(=O)NCc2ccccc2Cl)c2ccccc21. The number of halogens is 1. The van der Waals surface area contributed by atoms with Crippen LogP contribution in [0.3, 0.4) is 0 Å². The molecule has 2 aliphatic heterocycles. The van der Waals surface area contributed by atoms with Gasteiger partial charge < -0.3 is 10.1 Å². The van der Waals surface area contributed by atoms with Crippen LogP contribution in [0.1, 0.15) is 40.6 Å². The second kappa shape index (κ2) is 7.04. The molecular formula is C20H17ClN2O4. The molecule has 4 rings (SSSR count). The predicted octanol–water partition coefficient (Wildman–Crippen LogP) is 2.82. The van der Waals surface area contributed by atoms with Gasteiger partial charge in [-0.3, -0.25) is 14.5 Å². The number of carbonyl (C=O) groups is 3. The summed E-state index contributed by atoms with van der Waals surface area (Å²) in [6.07, 6.45) is -0.246. The second-order valence-electron chi connectivity index (χ2n) is 6.51. The number of ether oxygens (including phenoxy) is 1. The average molecular weight is 385 g/mol. The van der Waals surface area contributed by atoms with Crippen LogP contribution in [0.5, 0.6) is 0 Å². The maximum atomic E-state index is 12.7. The summed E-state index contributed by atoms with van der Waals surface area (Å²) in [7, 11) is 0. The van der Waals surface area contributed by atoms with Crippen molar-refractivity contribution in [3.05, 3.63) is 70.2 Å². The number of esters is 1. The molecule has 2 aromatic rings. The van der Waals surface area contributed by atoms with Crippen LogP contribution in [0, 0.1) is 0 Å². The molecule has 1 fully saturated rings. The van der Waals surface area contributed by atoms with Crippen molar-refractivity contribution in [2.45, 2.75) is 31.7 Å². The Labute approximate surface area is 161 Å². The number of nitrogens with zero attached hydrogens (tertiary/aromatic N) is 1. The highest BCUT2D eigenvalue weighted by atomic mass is 35.5. The van der Waals surface area contributed by atoms with E-state index in [9.17, 15) is 14.4 Å². The van der Waals surface area contributed by atoms with E-state index in [4.69, 9.17) is 16.3 Å². The van der Waals surface area contributed by atoms with Gasteiger partial charge in [-0.2, -0.15) is 0 Å². The van der Waals surface area contributed by atoms with E-state index in [0.717, 1.165) is 5.56 Å². The first-order valence-corrected chi connectivity index (χ1v) is 9.06. The van der Waals surface area contributed by atoms with Crippen LogP contribution in [-0.2, 0) is 20.9 Å². The molecule has 7 heteroatoms. The van der Waals surface area contributed by atoms with Crippen LogP contribution >= 0.6 is 11.6 Å². The number of amides is 2. The van der Waals surface area contributed by atoms with Crippen LogP contribution in [0.4, 0.5) is 0 Å². The number of benzene rings is 2. The molecule has 2 atom stereocenters. The summed E-state index contributed by atoms with van der Waals surface area (Å²) < 4.78 is 5.41. The number of fused-ring (bicyclic) bond motifs is 1. The van der Waals surface area contributed by atoms with E-state index in [1.807, 2.05) is 18.2 Å². The Balaban J connectivity index is 1.53. The zero-order valence-electron chi connectivity index (χ0n) is 14.4. The Morgan fingerprint density at radius 3 is 2.70 bits per heavy atom. The number of carbonyl (C=O) groups excluding carboxylic acids is 3. The highest BCUT2D eigenvalue weighted by Gasteiger charge is 2.46. The number of cyclic esters (lactones) is 1. The van der Waals surface area contributed by atoms with Gasteiger partial charge in [0.05, 0.1) is 5.56 Å². The van der Waals surface area contributed by atoms with Gasteiger partial charge in [-0.05, 0) is 24.1 Å². The minimum Gasteiger partial charge on any atom is -0.433 e. The standard InChI is InChI=1S/C20H17ClN2O4/c21-15-8-4-1-5-12(15)11-22-18(25)16-9-10-17(24)23(16)19-13-6-2-3-7-14(13)20(26)27-19/h1-8,16,19H,9-11H2,(H,22,25)/t16-,19?/m0/s1. The van der Waals surface area contributed by atoms with E-state index in [0.29, 0.717) is 22.6 Å². The van der Waals surface area contributed by atoms with Crippen molar-refractivity contribution in [1.29, 1.82) is 0 Å². The van der Waals surface area contributed by atoms with E-state index in [1.165, 1.54) is 4.90 Å². The van der Waals surface area contributed by atoms with Crippen LogP contribution in [0.2, 0.25) is 5.02 Å². The van der Waals surface area contributed by atoms with Gasteiger partial charge in [0, 0.05) is 23.6 Å². The van der Waals surface area contributed by atoms with Crippen molar-refractivity contribution in [2.24, 2.45) is 0 Å². The van der Waals surface area contributed by atoms with Crippen molar-refractivity contribution >= 4 is 29.4 Å². The molecule has 2 heterocycles. The molecule has 0 saturated carbocycles. The molecule has 2 aliphatic rings. The van der Waals surface area contributed by atoms with Gasteiger partial charge in [0.25, 0.3) is 0 Å². The van der Waals surface area contributed by atoms with Gasteiger partial charge in [0.15, 0.2) is 0 Å². The van der Waals surface area contributed by atoms with Crippen LogP contribution in [0.15, 0.2) is 48.5 Å². The molecule has 0 aromatic heterocycles. The number of rotatable bonds is 4. The summed E-state index contributed by atoms with van der Waals surface area (Å²) in [5.74, 6) is -0.978. The molecule has 1 saturated heterocycles. The number of nitrogens with one attached hydrogen (secondary N) is 1. The van der Waals surface area contributed by atoms with E-state index in [-0.39, 0.29) is 24.8 Å². The second-order valence-corrected chi connectivity index (χ2v) is 6.92. The normalized spacial score (nSPS) is 21.1. The third kappa shape index (κ3) is 3.17. The lowest BCUT2D eigenvalue weighted by molar-refractivity contribution is -0.145. The lowest BCUT2D eigenvalue weighted by atomic mass is 10.1. The summed E-state index contributed by atoms with van der Waals surface area (Å²) in [4.78, 5) is 38.7. The highest BCUT2D eigenvalue weighted by molar-refractivity contribution is 6.31. The Hall–Kier alpha value is -2.86. The summed E-state index contributed by atoms with van der Waals surface area (Å²) in [6.45, 7) is 0.262. The van der Waals surface area contributed by atoms with Crippen molar-refractivity contribution in [1.82, 2.24) is 10.2 Å². The summed E-state index contributed by atoms with van der Waals surface area (Å²) >= 11 is 6.12. The Morgan fingerprint density at radius 1 is 1.15 bits per heavy atom. The minimum absolute atomic E-state index is 0.206. The number of hydrogen-bond donors (Lipinski definition) is 1. The van der Waals surface area contributed by atoms with E-state index in [1.54, 1.807) is 30.3 Å². The number of likely N-dealkylation sites (tertiary alicyclic amines) is 1. The largest absolute Gasteiger partial charge is 0.433 e. The molecule has 6 nitrogen and oxygen atoms in total. The monoisotopic (exact) mass is 384 g/mol. The van der Waals surface area contributed by atoms with Crippen molar-refractivity contribution in [3.63, 3.8) is 0 Å². The van der Waals surface area contributed by atoms with Crippen LogP contribution < -0.4 is 5.32 Å². The first-order valence-electron chi connectivity index (χ1n) is 8.68. The molecule has 0 aliphatic carbocycles. The van der Waals surface area contributed by atoms with E-state index < -0.39 is 18.2 Å². The molecule has 0 bridgehead atoms. The summed E-state index contributed by atoms with van der Waals surface area (Å²) in [5, 5.41) is 3.40. The molecular weight excluding hydrogens is 368 g/mol. The lowest BCUT2D eigenvalue weighted by Gasteiger charge is -2.29. The van der Waals surface area contributed by atoms with Gasteiger partial charge in [-0.25, -0.2) is 4.79 Å². The van der Waals surface area contributed by atoms with Gasteiger partial charge in [0.1, 0.15) is 6.04 Å². The van der Waals surface area contributed by atoms with Gasteiger partial charge in [-0.1, -0.05) is 48.0 Å². The molecule has 0 spiro atoms. The van der Waals surface area contributed by atoms with Crippen LogP contribution in [-0.4, -0.2) is 28.7 Å². The van der Waals surface area contributed by atoms with Gasteiger partial charge in [-0.15, -0.1) is 0 Å². The fourth-order valence-corrected chi connectivity index (χ4v) is 3.73. The molecule has 27 heavy (non-hydrogen) atoms. The molecule has 2 aromatic carbocycles. The minimum atomic E-state index is -0.861. The quantitative estimate of drug-likeness (QED) is 0.822. The Morgan fingerprint density at radius 2 is 1.89 bits per heavy atom.